The molecule has 1 aromatic heterocycles. The van der Waals surface area contributed by atoms with E-state index in [0.29, 0.717) is 10.6 Å². The van der Waals surface area contributed by atoms with Gasteiger partial charge in [0.15, 0.2) is 0 Å². The Labute approximate surface area is 158 Å². The lowest BCUT2D eigenvalue weighted by Crippen LogP contribution is -2.32. The van der Waals surface area contributed by atoms with E-state index < -0.39 is 0 Å². The van der Waals surface area contributed by atoms with Crippen molar-refractivity contribution in [1.82, 2.24) is 5.32 Å². The molecule has 1 aromatic carbocycles. The summed E-state index contributed by atoms with van der Waals surface area (Å²) < 4.78 is 0. The van der Waals surface area contributed by atoms with Gasteiger partial charge in [-0.25, -0.2) is 0 Å². The zero-order chi connectivity index (χ0) is 18.7. The molecule has 5 nitrogen and oxygen atoms in total. The zero-order valence-electron chi connectivity index (χ0n) is 15.4. The number of thiophene rings is 1. The first-order chi connectivity index (χ1) is 12.4. The fourth-order valence-corrected chi connectivity index (χ4v) is 4.42. The van der Waals surface area contributed by atoms with Crippen LogP contribution in [0, 0.1) is 6.92 Å². The van der Waals surface area contributed by atoms with Crippen molar-refractivity contribution < 1.29 is 9.59 Å². The van der Waals surface area contributed by atoms with Crippen LogP contribution in [0.3, 0.4) is 0 Å². The summed E-state index contributed by atoms with van der Waals surface area (Å²) in [4.78, 5) is 26.4. The van der Waals surface area contributed by atoms with E-state index in [0.717, 1.165) is 36.1 Å². The minimum absolute atomic E-state index is 0.122. The topological polar surface area (TPSA) is 70.2 Å². The van der Waals surface area contributed by atoms with Crippen LogP contribution in [-0.2, 0) is 17.6 Å². The van der Waals surface area contributed by atoms with Crippen molar-refractivity contribution in [2.24, 2.45) is 0 Å². The summed E-state index contributed by atoms with van der Waals surface area (Å²) in [5.74, 6) is -0.273. The summed E-state index contributed by atoms with van der Waals surface area (Å²) in [6.07, 6.45) is 2.93. The standard InChI is InChI=1S/C20H25N3O2S/c1-12(2)21-11-17(24)23-20-18(15-8-5-9-16(15)26-20)19(25)22-14-7-4-6-13(3)10-14/h4,6-7,10,12,21H,5,8-9,11H2,1-3H3,(H,22,25)(H,23,24). The second-order valence-corrected chi connectivity index (χ2v) is 8.07. The van der Waals surface area contributed by atoms with Crippen molar-refractivity contribution in [1.29, 1.82) is 0 Å². The van der Waals surface area contributed by atoms with Gasteiger partial charge in [0, 0.05) is 16.6 Å². The van der Waals surface area contributed by atoms with Crippen molar-refractivity contribution in [2.75, 3.05) is 17.2 Å². The molecule has 0 radical (unpaired) electrons. The van der Waals surface area contributed by atoms with Crippen molar-refractivity contribution in [3.8, 4) is 0 Å². The summed E-state index contributed by atoms with van der Waals surface area (Å²) in [7, 11) is 0. The highest BCUT2D eigenvalue weighted by molar-refractivity contribution is 7.17. The van der Waals surface area contributed by atoms with E-state index >= 15 is 0 Å². The normalized spacial score (nSPS) is 12.9. The Kier molecular flexibility index (Phi) is 5.74. The van der Waals surface area contributed by atoms with Gasteiger partial charge in [-0.15, -0.1) is 11.3 Å². The third kappa shape index (κ3) is 4.31. The van der Waals surface area contributed by atoms with Gasteiger partial charge < -0.3 is 16.0 Å². The maximum Gasteiger partial charge on any atom is 0.258 e. The van der Waals surface area contributed by atoms with Crippen LogP contribution < -0.4 is 16.0 Å². The SMILES string of the molecule is Cc1cccc(NC(=O)c2c(NC(=O)CNC(C)C)sc3c2CCC3)c1. The molecular weight excluding hydrogens is 346 g/mol. The molecular formula is C20H25N3O2S. The molecule has 0 unspecified atom stereocenters. The summed E-state index contributed by atoms with van der Waals surface area (Å²) in [5, 5.41) is 9.67. The van der Waals surface area contributed by atoms with Gasteiger partial charge in [0.25, 0.3) is 5.91 Å². The second-order valence-electron chi connectivity index (χ2n) is 6.97. The number of carbonyl (C=O) groups is 2. The number of amides is 2. The molecule has 0 atom stereocenters. The molecule has 3 rings (SSSR count). The number of anilines is 2. The van der Waals surface area contributed by atoms with Crippen LogP contribution >= 0.6 is 11.3 Å². The van der Waals surface area contributed by atoms with E-state index in [2.05, 4.69) is 16.0 Å². The minimum Gasteiger partial charge on any atom is -0.322 e. The largest absolute Gasteiger partial charge is 0.322 e. The summed E-state index contributed by atoms with van der Waals surface area (Å²) in [5.41, 5.74) is 3.58. The van der Waals surface area contributed by atoms with Crippen LogP contribution in [0.25, 0.3) is 0 Å². The quantitative estimate of drug-likeness (QED) is 0.724. The Morgan fingerprint density at radius 2 is 2.00 bits per heavy atom. The Morgan fingerprint density at radius 1 is 1.19 bits per heavy atom. The van der Waals surface area contributed by atoms with Gasteiger partial charge >= 0.3 is 0 Å². The number of benzene rings is 1. The van der Waals surface area contributed by atoms with E-state index in [4.69, 9.17) is 0 Å². The number of nitrogens with one attached hydrogen (secondary N) is 3. The van der Waals surface area contributed by atoms with Crippen LogP contribution in [-0.4, -0.2) is 24.4 Å². The lowest BCUT2D eigenvalue weighted by atomic mass is 10.1. The highest BCUT2D eigenvalue weighted by atomic mass is 32.1. The lowest BCUT2D eigenvalue weighted by molar-refractivity contribution is -0.115. The average molecular weight is 372 g/mol. The fraction of sp³-hybridized carbons (Fsp3) is 0.400. The van der Waals surface area contributed by atoms with Gasteiger partial charge in [-0.05, 0) is 49.4 Å². The van der Waals surface area contributed by atoms with Gasteiger partial charge in [0.05, 0.1) is 12.1 Å². The van der Waals surface area contributed by atoms with E-state index in [1.807, 2.05) is 45.0 Å². The first-order valence-electron chi connectivity index (χ1n) is 9.00. The van der Waals surface area contributed by atoms with E-state index in [9.17, 15) is 9.59 Å². The molecule has 3 N–H and O–H groups in total. The maximum atomic E-state index is 12.9. The molecule has 0 bridgehead atoms. The van der Waals surface area contributed by atoms with E-state index in [1.54, 1.807) is 0 Å². The molecule has 2 amide bonds. The second kappa shape index (κ2) is 8.01. The number of rotatable bonds is 6. The van der Waals surface area contributed by atoms with Crippen molar-refractivity contribution in [2.45, 2.75) is 46.1 Å². The molecule has 0 aliphatic heterocycles. The third-order valence-corrected chi connectivity index (χ3v) is 5.56. The monoisotopic (exact) mass is 371 g/mol. The van der Waals surface area contributed by atoms with Gasteiger partial charge in [-0.2, -0.15) is 0 Å². The molecule has 1 heterocycles. The third-order valence-electron chi connectivity index (χ3n) is 4.35. The molecule has 0 fully saturated rings. The predicted molar refractivity (Wildman–Crippen MR) is 107 cm³/mol. The minimum atomic E-state index is -0.151. The van der Waals surface area contributed by atoms with Crippen LogP contribution in [0.4, 0.5) is 10.7 Å². The number of carbonyl (C=O) groups excluding carboxylic acids is 2. The molecule has 26 heavy (non-hydrogen) atoms. The first-order valence-corrected chi connectivity index (χ1v) is 9.81. The van der Waals surface area contributed by atoms with Gasteiger partial charge in [0.1, 0.15) is 5.00 Å². The highest BCUT2D eigenvalue weighted by Crippen LogP contribution is 2.39. The maximum absolute atomic E-state index is 12.9. The Balaban J connectivity index is 1.81. The van der Waals surface area contributed by atoms with Crippen molar-refractivity contribution in [3.05, 3.63) is 45.8 Å². The molecule has 0 saturated heterocycles. The highest BCUT2D eigenvalue weighted by Gasteiger charge is 2.27. The van der Waals surface area contributed by atoms with E-state index in [1.165, 1.54) is 16.2 Å². The van der Waals surface area contributed by atoms with Gasteiger partial charge in [0.2, 0.25) is 5.91 Å². The van der Waals surface area contributed by atoms with Crippen molar-refractivity contribution >= 4 is 33.8 Å². The molecule has 0 saturated carbocycles. The lowest BCUT2D eigenvalue weighted by Gasteiger charge is -2.11. The average Bonchev–Trinajstić information content (AvgIpc) is 3.13. The van der Waals surface area contributed by atoms with E-state index in [-0.39, 0.29) is 24.4 Å². The summed E-state index contributed by atoms with van der Waals surface area (Å²) in [6, 6.07) is 7.96. The summed E-state index contributed by atoms with van der Waals surface area (Å²) in [6.45, 7) is 6.21. The van der Waals surface area contributed by atoms with Crippen molar-refractivity contribution in [3.63, 3.8) is 0 Å². The van der Waals surface area contributed by atoms with Crippen LogP contribution in [0.1, 0.15) is 46.6 Å². The smallest absolute Gasteiger partial charge is 0.258 e. The Hall–Kier alpha value is -2.18. The number of hydrogen-bond donors (Lipinski definition) is 3. The zero-order valence-corrected chi connectivity index (χ0v) is 16.3. The number of fused-ring (bicyclic) bond motifs is 1. The molecule has 2 aromatic rings. The number of hydrogen-bond acceptors (Lipinski definition) is 4. The Morgan fingerprint density at radius 3 is 2.73 bits per heavy atom. The molecule has 138 valence electrons. The molecule has 6 heteroatoms. The van der Waals surface area contributed by atoms with Crippen LogP contribution in [0.2, 0.25) is 0 Å². The van der Waals surface area contributed by atoms with Gasteiger partial charge in [-0.1, -0.05) is 26.0 Å². The summed E-state index contributed by atoms with van der Waals surface area (Å²) >= 11 is 1.53. The molecule has 0 spiro atoms. The molecule has 1 aliphatic rings. The first kappa shape index (κ1) is 18.6. The van der Waals surface area contributed by atoms with Gasteiger partial charge in [-0.3, -0.25) is 9.59 Å². The fourth-order valence-electron chi connectivity index (χ4n) is 3.12. The van der Waals surface area contributed by atoms with Crippen LogP contribution in [0.5, 0.6) is 0 Å². The molecule has 1 aliphatic carbocycles. The predicted octanol–water partition coefficient (Wildman–Crippen LogP) is 3.73. The number of aryl methyl sites for hydroxylation is 2. The Bertz CT molecular complexity index is 826. The van der Waals surface area contributed by atoms with Crippen LogP contribution in [0.15, 0.2) is 24.3 Å².